The van der Waals surface area contributed by atoms with Gasteiger partial charge in [0.15, 0.2) is 11.4 Å². The van der Waals surface area contributed by atoms with Crippen molar-refractivity contribution in [2.24, 2.45) is 0 Å². The van der Waals surface area contributed by atoms with Gasteiger partial charge in [-0.15, -0.1) is 10.2 Å². The number of esters is 2. The number of ether oxygens (including phenoxy) is 2. The van der Waals surface area contributed by atoms with Gasteiger partial charge in [0.2, 0.25) is 0 Å². The van der Waals surface area contributed by atoms with Crippen molar-refractivity contribution in [1.82, 2.24) is 30.0 Å². The zero-order chi connectivity index (χ0) is 15.2. The fourth-order valence-corrected chi connectivity index (χ4v) is 1.61. The first-order chi connectivity index (χ1) is 10.1. The van der Waals surface area contributed by atoms with Gasteiger partial charge < -0.3 is 9.47 Å². The van der Waals surface area contributed by atoms with E-state index in [1.807, 2.05) is 0 Å². The Morgan fingerprint density at radius 2 is 1.38 bits per heavy atom. The summed E-state index contributed by atoms with van der Waals surface area (Å²) < 4.78 is 12.1. The van der Waals surface area contributed by atoms with Crippen molar-refractivity contribution >= 4 is 11.9 Å². The summed E-state index contributed by atoms with van der Waals surface area (Å²) in [6.45, 7) is 1.08. The van der Waals surface area contributed by atoms with Gasteiger partial charge in [-0.1, -0.05) is 10.4 Å². The molecule has 0 saturated heterocycles. The molecule has 2 heterocycles. The van der Waals surface area contributed by atoms with Gasteiger partial charge in [0, 0.05) is 13.1 Å². The van der Waals surface area contributed by atoms with Crippen LogP contribution in [0.5, 0.6) is 0 Å². The van der Waals surface area contributed by atoms with Crippen molar-refractivity contribution in [3.63, 3.8) is 0 Å². The predicted molar refractivity (Wildman–Crippen MR) is 67.3 cm³/mol. The van der Waals surface area contributed by atoms with Crippen molar-refractivity contribution in [3.05, 3.63) is 23.8 Å². The summed E-state index contributed by atoms with van der Waals surface area (Å²) in [4.78, 5) is 22.4. The van der Waals surface area contributed by atoms with E-state index in [9.17, 15) is 9.59 Å². The van der Waals surface area contributed by atoms with Crippen molar-refractivity contribution in [3.8, 4) is 0 Å². The molecule has 0 N–H and O–H groups in total. The maximum Gasteiger partial charge on any atom is 0.360 e. The normalized spacial score (nSPS) is 10.4. The highest BCUT2D eigenvalue weighted by Crippen LogP contribution is 2.00. The molecule has 0 unspecified atom stereocenters. The molecule has 0 aliphatic rings. The van der Waals surface area contributed by atoms with Gasteiger partial charge in [0.05, 0.1) is 26.6 Å². The molecule has 2 rings (SSSR count). The van der Waals surface area contributed by atoms with Crippen LogP contribution in [-0.4, -0.2) is 56.1 Å². The summed E-state index contributed by atoms with van der Waals surface area (Å²) in [5.74, 6) is -1.06. The molecule has 0 aromatic carbocycles. The molecule has 0 aliphatic carbocycles. The summed E-state index contributed by atoms with van der Waals surface area (Å²) in [6.07, 6.45) is 3.69. The summed E-state index contributed by atoms with van der Waals surface area (Å²) in [5.41, 5.74) is 0.317. The zero-order valence-electron chi connectivity index (χ0n) is 11.6. The minimum absolute atomic E-state index is 0.159. The Morgan fingerprint density at radius 3 is 1.76 bits per heavy atom. The lowest BCUT2D eigenvalue weighted by Crippen LogP contribution is -2.05. The maximum atomic E-state index is 11.2. The Bertz CT molecular complexity index is 580. The fraction of sp³-hybridized carbons (Fsp3) is 0.455. The first-order valence-corrected chi connectivity index (χ1v) is 6.11. The van der Waals surface area contributed by atoms with Crippen LogP contribution in [0.2, 0.25) is 0 Å². The van der Waals surface area contributed by atoms with Crippen LogP contribution >= 0.6 is 0 Å². The molecule has 2 aromatic rings. The Kier molecular flexibility index (Phi) is 4.59. The van der Waals surface area contributed by atoms with E-state index in [1.165, 1.54) is 36.0 Å². The number of hydrogen-bond donors (Lipinski definition) is 0. The number of carbonyl (C=O) groups is 2. The number of carbonyl (C=O) groups excluding carboxylic acids is 2. The number of aryl methyl sites for hydroxylation is 2. The monoisotopic (exact) mass is 294 g/mol. The van der Waals surface area contributed by atoms with Gasteiger partial charge in [-0.2, -0.15) is 0 Å². The lowest BCUT2D eigenvalue weighted by atomic mass is 10.4. The van der Waals surface area contributed by atoms with Crippen LogP contribution in [0.3, 0.4) is 0 Å². The van der Waals surface area contributed by atoms with E-state index >= 15 is 0 Å². The molecule has 0 radical (unpaired) electrons. The molecule has 10 nitrogen and oxygen atoms in total. The molecule has 0 fully saturated rings. The van der Waals surface area contributed by atoms with Crippen LogP contribution in [-0.2, 0) is 22.6 Å². The number of aromatic nitrogens is 6. The SMILES string of the molecule is COC(=O)c1cn(CCCn2cc(C(=O)OC)nn2)nn1. The highest BCUT2D eigenvalue weighted by atomic mass is 16.5. The average Bonchev–Trinajstić information content (AvgIpc) is 3.15. The molecule has 10 heteroatoms. The second kappa shape index (κ2) is 6.59. The van der Waals surface area contributed by atoms with E-state index < -0.39 is 11.9 Å². The molecule has 0 spiro atoms. The van der Waals surface area contributed by atoms with Gasteiger partial charge in [-0.25, -0.2) is 9.59 Å². The van der Waals surface area contributed by atoms with Gasteiger partial charge in [-0.05, 0) is 6.42 Å². The van der Waals surface area contributed by atoms with Crippen LogP contribution in [0.1, 0.15) is 27.4 Å². The van der Waals surface area contributed by atoms with E-state index in [2.05, 4.69) is 30.1 Å². The smallest absolute Gasteiger partial charge is 0.360 e. The Morgan fingerprint density at radius 1 is 0.952 bits per heavy atom. The van der Waals surface area contributed by atoms with E-state index in [1.54, 1.807) is 0 Å². The quantitative estimate of drug-likeness (QED) is 0.657. The van der Waals surface area contributed by atoms with Gasteiger partial charge in [0.1, 0.15) is 0 Å². The van der Waals surface area contributed by atoms with E-state index in [4.69, 9.17) is 0 Å². The van der Waals surface area contributed by atoms with Crippen LogP contribution in [0, 0.1) is 0 Å². The zero-order valence-corrected chi connectivity index (χ0v) is 11.6. The molecule has 2 aromatic heterocycles. The highest BCUT2D eigenvalue weighted by Gasteiger charge is 2.11. The van der Waals surface area contributed by atoms with Crippen molar-refractivity contribution in [1.29, 1.82) is 0 Å². The van der Waals surface area contributed by atoms with Gasteiger partial charge in [0.25, 0.3) is 0 Å². The Labute approximate surface area is 119 Å². The molecule has 0 atom stereocenters. The summed E-state index contributed by atoms with van der Waals surface area (Å²) in [5, 5.41) is 15.0. The molecular weight excluding hydrogens is 280 g/mol. The number of rotatable bonds is 6. The third kappa shape index (κ3) is 3.61. The molecule has 0 aliphatic heterocycles. The van der Waals surface area contributed by atoms with Crippen molar-refractivity contribution < 1.29 is 19.1 Å². The fourth-order valence-electron chi connectivity index (χ4n) is 1.61. The molecule has 0 saturated carbocycles. The standard InChI is InChI=1S/C11H14N6O4/c1-20-10(18)8-6-16(14-12-8)4-3-5-17-7-9(13-15-17)11(19)21-2/h6-7H,3-5H2,1-2H3. The summed E-state index contributed by atoms with van der Waals surface area (Å²) >= 11 is 0. The van der Waals surface area contributed by atoms with Crippen molar-refractivity contribution in [2.75, 3.05) is 14.2 Å². The lowest BCUT2D eigenvalue weighted by molar-refractivity contribution is 0.0585. The van der Waals surface area contributed by atoms with Crippen LogP contribution in [0.25, 0.3) is 0 Å². The summed E-state index contributed by atoms with van der Waals surface area (Å²) in [7, 11) is 2.57. The molecule has 112 valence electrons. The van der Waals surface area contributed by atoms with E-state index in [-0.39, 0.29) is 11.4 Å². The molecular formula is C11H14N6O4. The minimum atomic E-state index is -0.528. The molecule has 0 amide bonds. The Hall–Kier alpha value is -2.78. The first kappa shape index (κ1) is 14.6. The van der Waals surface area contributed by atoms with Crippen LogP contribution < -0.4 is 0 Å². The van der Waals surface area contributed by atoms with Gasteiger partial charge in [-0.3, -0.25) is 9.36 Å². The molecule has 0 bridgehead atoms. The maximum absolute atomic E-state index is 11.2. The highest BCUT2D eigenvalue weighted by molar-refractivity contribution is 5.86. The summed E-state index contributed by atoms with van der Waals surface area (Å²) in [6, 6.07) is 0. The predicted octanol–water partition coefficient (Wildman–Crippen LogP) is -0.467. The third-order valence-corrected chi connectivity index (χ3v) is 2.64. The van der Waals surface area contributed by atoms with Gasteiger partial charge >= 0.3 is 11.9 Å². The largest absolute Gasteiger partial charge is 0.464 e. The van der Waals surface area contributed by atoms with E-state index in [0.29, 0.717) is 19.5 Å². The second-order valence-electron chi connectivity index (χ2n) is 4.07. The Balaban J connectivity index is 1.84. The van der Waals surface area contributed by atoms with Crippen molar-refractivity contribution in [2.45, 2.75) is 19.5 Å². The number of nitrogens with zero attached hydrogens (tertiary/aromatic N) is 6. The van der Waals surface area contributed by atoms with Crippen LogP contribution in [0.4, 0.5) is 0 Å². The first-order valence-electron chi connectivity index (χ1n) is 6.11. The third-order valence-electron chi connectivity index (χ3n) is 2.64. The lowest BCUT2D eigenvalue weighted by Gasteiger charge is -2.00. The number of hydrogen-bond acceptors (Lipinski definition) is 8. The average molecular weight is 294 g/mol. The molecule has 21 heavy (non-hydrogen) atoms. The van der Waals surface area contributed by atoms with Crippen LogP contribution in [0.15, 0.2) is 12.4 Å². The topological polar surface area (TPSA) is 114 Å². The minimum Gasteiger partial charge on any atom is -0.464 e. The number of methoxy groups -OCH3 is 2. The van der Waals surface area contributed by atoms with E-state index in [0.717, 1.165) is 0 Å². The second-order valence-corrected chi connectivity index (χ2v) is 4.07.